The summed E-state index contributed by atoms with van der Waals surface area (Å²) in [5, 5.41) is 0. The quantitative estimate of drug-likeness (QED) is 0.441. The van der Waals surface area contributed by atoms with Gasteiger partial charge in [-0.25, -0.2) is 4.79 Å². The Morgan fingerprint density at radius 2 is 1.88 bits per heavy atom. The first-order valence-electron chi connectivity index (χ1n) is 4.72. The second-order valence-corrected chi connectivity index (χ2v) is 2.96. The highest BCUT2D eigenvalue weighted by Crippen LogP contribution is 2.00. The predicted molar refractivity (Wildman–Crippen MR) is 58.2 cm³/mol. The minimum atomic E-state index is -0.551. The topological polar surface area (TPSA) is 52.6 Å². The van der Waals surface area contributed by atoms with E-state index >= 15 is 0 Å². The highest BCUT2D eigenvalue weighted by atomic mass is 16.7. The number of esters is 2. The molecule has 4 nitrogen and oxygen atoms in total. The Labute approximate surface area is 93.5 Å². The van der Waals surface area contributed by atoms with Gasteiger partial charge in [0.15, 0.2) is 0 Å². The van der Waals surface area contributed by atoms with E-state index in [2.05, 4.69) is 9.47 Å². The van der Waals surface area contributed by atoms with E-state index in [1.165, 1.54) is 13.0 Å². The van der Waals surface area contributed by atoms with Crippen LogP contribution < -0.4 is 0 Å². The molecule has 1 aromatic rings. The lowest BCUT2D eigenvalue weighted by atomic mass is 10.2. The van der Waals surface area contributed by atoms with E-state index in [0.717, 1.165) is 5.56 Å². The molecule has 0 aliphatic rings. The molecule has 0 fully saturated rings. The Bertz CT molecular complexity index is 381. The molecule has 0 aliphatic carbocycles. The van der Waals surface area contributed by atoms with Crippen LogP contribution >= 0.6 is 0 Å². The number of carbonyl (C=O) groups excluding carboxylic acids is 2. The van der Waals surface area contributed by atoms with Gasteiger partial charge in [-0.2, -0.15) is 0 Å². The second kappa shape index (κ2) is 6.40. The van der Waals surface area contributed by atoms with Crippen molar-refractivity contribution in [3.8, 4) is 0 Å². The summed E-state index contributed by atoms with van der Waals surface area (Å²) < 4.78 is 9.05. The zero-order chi connectivity index (χ0) is 11.8. The van der Waals surface area contributed by atoms with Crippen molar-refractivity contribution in [2.24, 2.45) is 0 Å². The van der Waals surface area contributed by atoms with Crippen molar-refractivity contribution >= 4 is 18.0 Å². The van der Waals surface area contributed by atoms with E-state index in [1.807, 2.05) is 30.3 Å². The Morgan fingerprint density at radius 3 is 2.50 bits per heavy atom. The molecule has 1 aromatic carbocycles. The maximum Gasteiger partial charge on any atom is 0.333 e. The van der Waals surface area contributed by atoms with E-state index in [4.69, 9.17) is 0 Å². The summed E-state index contributed by atoms with van der Waals surface area (Å²) in [5.41, 5.74) is 0.895. The Kier molecular flexibility index (Phi) is 4.79. The van der Waals surface area contributed by atoms with Crippen LogP contribution in [0.1, 0.15) is 12.5 Å². The first kappa shape index (κ1) is 12.0. The van der Waals surface area contributed by atoms with Gasteiger partial charge in [0.05, 0.1) is 0 Å². The van der Waals surface area contributed by atoms with E-state index in [0.29, 0.717) is 0 Å². The molecule has 0 radical (unpaired) electrons. The highest BCUT2D eigenvalue weighted by Gasteiger charge is 1.97. The van der Waals surface area contributed by atoms with Gasteiger partial charge < -0.3 is 9.47 Å². The lowest BCUT2D eigenvalue weighted by Gasteiger charge is -2.00. The summed E-state index contributed by atoms with van der Waals surface area (Å²) in [5.74, 6) is -1.04. The number of carbonyl (C=O) groups is 2. The van der Waals surface area contributed by atoms with Crippen molar-refractivity contribution in [1.29, 1.82) is 0 Å². The summed E-state index contributed by atoms with van der Waals surface area (Å²) in [4.78, 5) is 21.5. The molecule has 1 rings (SSSR count). The maximum atomic E-state index is 11.1. The summed E-state index contributed by atoms with van der Waals surface area (Å²) in [6.07, 6.45) is 2.90. The van der Waals surface area contributed by atoms with Crippen LogP contribution in [0.4, 0.5) is 0 Å². The average molecular weight is 220 g/mol. The van der Waals surface area contributed by atoms with Gasteiger partial charge in [0.25, 0.3) is 0 Å². The number of benzene rings is 1. The highest BCUT2D eigenvalue weighted by molar-refractivity contribution is 5.87. The van der Waals surface area contributed by atoms with E-state index < -0.39 is 11.9 Å². The molecule has 4 heteroatoms. The lowest BCUT2D eigenvalue weighted by Crippen LogP contribution is -2.08. The van der Waals surface area contributed by atoms with Crippen LogP contribution in [0.5, 0.6) is 0 Å². The fourth-order valence-electron chi connectivity index (χ4n) is 0.947. The molecular weight excluding hydrogens is 208 g/mol. The Hall–Kier alpha value is -2.10. The minimum Gasteiger partial charge on any atom is -0.428 e. The SMILES string of the molecule is CC(=O)OCOC(=O)/C=C\c1ccccc1. The zero-order valence-corrected chi connectivity index (χ0v) is 8.88. The van der Waals surface area contributed by atoms with Gasteiger partial charge in [-0.1, -0.05) is 30.3 Å². The summed E-state index contributed by atoms with van der Waals surface area (Å²) in [6.45, 7) is 0.890. The van der Waals surface area contributed by atoms with E-state index in [-0.39, 0.29) is 6.79 Å². The Morgan fingerprint density at radius 1 is 1.19 bits per heavy atom. The molecule has 0 aromatic heterocycles. The van der Waals surface area contributed by atoms with Gasteiger partial charge in [-0.05, 0) is 11.6 Å². The molecule has 0 atom stereocenters. The van der Waals surface area contributed by atoms with Crippen LogP contribution in [0.15, 0.2) is 36.4 Å². The molecule has 0 unspecified atom stereocenters. The van der Waals surface area contributed by atoms with Crippen LogP contribution in [-0.4, -0.2) is 18.7 Å². The third kappa shape index (κ3) is 4.95. The molecule has 0 heterocycles. The molecule has 0 N–H and O–H groups in total. The molecule has 0 aliphatic heterocycles. The zero-order valence-electron chi connectivity index (χ0n) is 8.88. The molecule has 16 heavy (non-hydrogen) atoms. The number of hydrogen-bond acceptors (Lipinski definition) is 4. The first-order chi connectivity index (χ1) is 7.68. The fourth-order valence-corrected chi connectivity index (χ4v) is 0.947. The van der Waals surface area contributed by atoms with Crippen LogP contribution in [0, 0.1) is 0 Å². The summed E-state index contributed by atoms with van der Waals surface area (Å²) >= 11 is 0. The van der Waals surface area contributed by atoms with Gasteiger partial charge >= 0.3 is 11.9 Å². The first-order valence-corrected chi connectivity index (χ1v) is 4.72. The van der Waals surface area contributed by atoms with E-state index in [9.17, 15) is 9.59 Å². The number of ether oxygens (including phenoxy) is 2. The van der Waals surface area contributed by atoms with Crippen molar-refractivity contribution in [2.75, 3.05) is 6.79 Å². The number of rotatable bonds is 4. The second-order valence-electron chi connectivity index (χ2n) is 2.96. The van der Waals surface area contributed by atoms with Crippen LogP contribution in [0.3, 0.4) is 0 Å². The predicted octanol–water partition coefficient (Wildman–Crippen LogP) is 1.76. The monoisotopic (exact) mass is 220 g/mol. The van der Waals surface area contributed by atoms with Crippen molar-refractivity contribution in [2.45, 2.75) is 6.92 Å². The average Bonchev–Trinajstić information content (AvgIpc) is 2.27. The van der Waals surface area contributed by atoms with Gasteiger partial charge in [-0.3, -0.25) is 4.79 Å². The van der Waals surface area contributed by atoms with Crippen molar-refractivity contribution in [1.82, 2.24) is 0 Å². The largest absolute Gasteiger partial charge is 0.428 e. The smallest absolute Gasteiger partial charge is 0.333 e. The molecule has 84 valence electrons. The fraction of sp³-hybridized carbons (Fsp3) is 0.167. The molecular formula is C12H12O4. The third-order valence-corrected chi connectivity index (χ3v) is 1.67. The molecule has 0 bridgehead atoms. The van der Waals surface area contributed by atoms with Crippen LogP contribution in [-0.2, 0) is 19.1 Å². The normalized spacial score (nSPS) is 10.1. The lowest BCUT2D eigenvalue weighted by molar-refractivity contribution is -0.162. The summed E-state index contributed by atoms with van der Waals surface area (Å²) in [6, 6.07) is 9.33. The molecule has 0 amide bonds. The van der Waals surface area contributed by atoms with Crippen LogP contribution in [0.2, 0.25) is 0 Å². The molecule has 0 spiro atoms. The standard InChI is InChI=1S/C12H12O4/c1-10(13)15-9-16-12(14)8-7-11-5-3-2-4-6-11/h2-8H,9H2,1H3/b8-7-. The Balaban J connectivity index is 2.34. The molecule has 0 saturated carbocycles. The molecule has 0 saturated heterocycles. The summed E-state index contributed by atoms with van der Waals surface area (Å²) in [7, 11) is 0. The number of hydrogen-bond donors (Lipinski definition) is 0. The van der Waals surface area contributed by atoms with Gasteiger partial charge in [-0.15, -0.1) is 0 Å². The van der Waals surface area contributed by atoms with Crippen molar-refractivity contribution in [3.05, 3.63) is 42.0 Å². The van der Waals surface area contributed by atoms with Crippen molar-refractivity contribution < 1.29 is 19.1 Å². The van der Waals surface area contributed by atoms with Gasteiger partial charge in [0.1, 0.15) is 0 Å². The minimum absolute atomic E-state index is 0.354. The van der Waals surface area contributed by atoms with Gasteiger partial charge in [0.2, 0.25) is 6.79 Å². The van der Waals surface area contributed by atoms with Gasteiger partial charge in [0, 0.05) is 13.0 Å². The van der Waals surface area contributed by atoms with Crippen LogP contribution in [0.25, 0.3) is 6.08 Å². The maximum absolute atomic E-state index is 11.1. The third-order valence-electron chi connectivity index (χ3n) is 1.67. The van der Waals surface area contributed by atoms with Crippen molar-refractivity contribution in [3.63, 3.8) is 0 Å². The van der Waals surface area contributed by atoms with E-state index in [1.54, 1.807) is 6.08 Å².